The fraction of sp³-hybridized carbons (Fsp3) is 0.0714. The van der Waals surface area contributed by atoms with Gasteiger partial charge in [-0.25, -0.2) is 9.18 Å². The van der Waals surface area contributed by atoms with E-state index in [-0.39, 0.29) is 11.4 Å². The van der Waals surface area contributed by atoms with Crippen molar-refractivity contribution in [3.63, 3.8) is 0 Å². The van der Waals surface area contributed by atoms with E-state index in [1.165, 1.54) is 36.0 Å². The van der Waals surface area contributed by atoms with E-state index in [9.17, 15) is 9.18 Å². The van der Waals surface area contributed by atoms with E-state index in [0.29, 0.717) is 10.8 Å². The van der Waals surface area contributed by atoms with Crippen molar-refractivity contribution < 1.29 is 14.3 Å². The third-order valence-electron chi connectivity index (χ3n) is 2.49. The number of carbonyl (C=O) groups is 1. The van der Waals surface area contributed by atoms with Crippen LogP contribution in [0.3, 0.4) is 0 Å². The van der Waals surface area contributed by atoms with Gasteiger partial charge in [-0.15, -0.1) is 11.8 Å². The summed E-state index contributed by atoms with van der Waals surface area (Å²) in [5.74, 6) is -0.731. The molecule has 0 saturated heterocycles. The lowest BCUT2D eigenvalue weighted by molar-refractivity contribution is 0.0697. The maximum Gasteiger partial charge on any atom is 0.335 e. The molecule has 2 nitrogen and oxygen atoms in total. The van der Waals surface area contributed by atoms with Crippen LogP contribution in [0.25, 0.3) is 0 Å². The Labute approximate surface area is 119 Å². The number of carboxylic acids is 1. The number of rotatable bonds is 4. The van der Waals surface area contributed by atoms with Gasteiger partial charge in [0.1, 0.15) is 5.82 Å². The van der Waals surface area contributed by atoms with Crippen LogP contribution in [0.5, 0.6) is 0 Å². The fourth-order valence-electron chi connectivity index (χ4n) is 1.52. The van der Waals surface area contributed by atoms with Crippen LogP contribution in [0.2, 0.25) is 5.02 Å². The highest BCUT2D eigenvalue weighted by Gasteiger charge is 2.07. The summed E-state index contributed by atoms with van der Waals surface area (Å²) in [5, 5.41) is 9.24. The second-order valence-corrected chi connectivity index (χ2v) is 5.31. The number of hydrogen-bond acceptors (Lipinski definition) is 2. The third kappa shape index (κ3) is 3.72. The molecule has 19 heavy (non-hydrogen) atoms. The van der Waals surface area contributed by atoms with Crippen molar-refractivity contribution >= 4 is 29.3 Å². The molecule has 0 heterocycles. The van der Waals surface area contributed by atoms with Gasteiger partial charge in [0.05, 0.1) is 5.56 Å². The van der Waals surface area contributed by atoms with Gasteiger partial charge in [-0.2, -0.15) is 0 Å². The topological polar surface area (TPSA) is 37.3 Å². The second-order valence-electron chi connectivity index (χ2n) is 3.86. The quantitative estimate of drug-likeness (QED) is 0.846. The molecule has 2 aromatic rings. The zero-order chi connectivity index (χ0) is 13.8. The van der Waals surface area contributed by atoms with Crippen molar-refractivity contribution in [2.75, 3.05) is 0 Å². The average Bonchev–Trinajstić information content (AvgIpc) is 2.37. The first-order valence-corrected chi connectivity index (χ1v) is 6.83. The molecule has 0 saturated carbocycles. The van der Waals surface area contributed by atoms with Crippen LogP contribution >= 0.6 is 23.4 Å². The molecule has 0 aliphatic heterocycles. The maximum atomic E-state index is 13.0. The molecule has 98 valence electrons. The first-order chi connectivity index (χ1) is 9.06. The Morgan fingerprint density at radius 2 is 2.05 bits per heavy atom. The minimum absolute atomic E-state index is 0.157. The van der Waals surface area contributed by atoms with Gasteiger partial charge >= 0.3 is 5.97 Å². The van der Waals surface area contributed by atoms with Crippen LogP contribution in [0.1, 0.15) is 15.9 Å². The lowest BCUT2D eigenvalue weighted by Gasteiger charge is -2.05. The molecule has 0 radical (unpaired) electrons. The van der Waals surface area contributed by atoms with E-state index in [1.54, 1.807) is 12.1 Å². The SMILES string of the molecule is O=C(O)c1ccc(CSc2cccc(F)c2)c(Cl)c1. The number of carboxylic acid groups (broad SMARTS) is 1. The zero-order valence-electron chi connectivity index (χ0n) is 9.77. The zero-order valence-corrected chi connectivity index (χ0v) is 11.3. The Morgan fingerprint density at radius 1 is 1.26 bits per heavy atom. The highest BCUT2D eigenvalue weighted by Crippen LogP contribution is 2.27. The van der Waals surface area contributed by atoms with E-state index in [2.05, 4.69) is 0 Å². The summed E-state index contributed by atoms with van der Waals surface area (Å²) in [5.41, 5.74) is 0.977. The van der Waals surface area contributed by atoms with Crippen molar-refractivity contribution in [3.8, 4) is 0 Å². The first-order valence-electron chi connectivity index (χ1n) is 5.46. The fourth-order valence-corrected chi connectivity index (χ4v) is 2.79. The molecule has 0 amide bonds. The Balaban J connectivity index is 2.10. The number of thioether (sulfide) groups is 1. The van der Waals surface area contributed by atoms with E-state index < -0.39 is 5.97 Å². The molecular formula is C14H10ClFO2S. The largest absolute Gasteiger partial charge is 0.478 e. The summed E-state index contributed by atoms with van der Waals surface area (Å²) in [6.07, 6.45) is 0. The van der Waals surface area contributed by atoms with E-state index in [0.717, 1.165) is 10.5 Å². The van der Waals surface area contributed by atoms with Gasteiger partial charge in [-0.3, -0.25) is 0 Å². The van der Waals surface area contributed by atoms with Crippen molar-refractivity contribution in [1.82, 2.24) is 0 Å². The lowest BCUT2D eigenvalue weighted by Crippen LogP contribution is -1.96. The standard InChI is InChI=1S/C14H10ClFO2S/c15-13-6-9(14(17)18)4-5-10(13)8-19-12-3-1-2-11(16)7-12/h1-7H,8H2,(H,17,18). The van der Waals surface area contributed by atoms with Crippen molar-refractivity contribution in [1.29, 1.82) is 0 Å². The van der Waals surface area contributed by atoms with Gasteiger partial charge in [0, 0.05) is 15.7 Å². The van der Waals surface area contributed by atoms with Gasteiger partial charge in [0.25, 0.3) is 0 Å². The predicted octanol–water partition coefficient (Wildman–Crippen LogP) is 4.47. The van der Waals surface area contributed by atoms with Crippen LogP contribution in [0.15, 0.2) is 47.4 Å². The predicted molar refractivity (Wildman–Crippen MR) is 74.4 cm³/mol. The molecule has 1 N–H and O–H groups in total. The Morgan fingerprint density at radius 3 is 2.68 bits per heavy atom. The Kier molecular flexibility index (Phi) is 4.45. The molecule has 0 unspecified atom stereocenters. The molecule has 0 aliphatic rings. The van der Waals surface area contributed by atoms with Gasteiger partial charge < -0.3 is 5.11 Å². The van der Waals surface area contributed by atoms with Gasteiger partial charge in [-0.05, 0) is 35.9 Å². The van der Waals surface area contributed by atoms with Crippen molar-refractivity contribution in [2.45, 2.75) is 10.6 Å². The summed E-state index contributed by atoms with van der Waals surface area (Å²) in [4.78, 5) is 11.6. The minimum Gasteiger partial charge on any atom is -0.478 e. The summed E-state index contributed by atoms with van der Waals surface area (Å²) >= 11 is 7.46. The second kappa shape index (κ2) is 6.08. The van der Waals surface area contributed by atoms with Gasteiger partial charge in [0.15, 0.2) is 0 Å². The molecule has 2 aromatic carbocycles. The molecule has 0 atom stereocenters. The highest BCUT2D eigenvalue weighted by atomic mass is 35.5. The summed E-state index contributed by atoms with van der Waals surface area (Å²) in [6.45, 7) is 0. The molecule has 0 fully saturated rings. The molecular weight excluding hydrogens is 287 g/mol. The summed E-state index contributed by atoms with van der Waals surface area (Å²) in [7, 11) is 0. The van der Waals surface area contributed by atoms with Gasteiger partial charge in [0.2, 0.25) is 0 Å². The van der Waals surface area contributed by atoms with Crippen LogP contribution in [0.4, 0.5) is 4.39 Å². The first kappa shape index (κ1) is 13.9. The number of hydrogen-bond donors (Lipinski definition) is 1. The molecule has 2 rings (SSSR count). The Bertz CT molecular complexity index is 616. The highest BCUT2D eigenvalue weighted by molar-refractivity contribution is 7.98. The Hall–Kier alpha value is -1.52. The number of aromatic carboxylic acids is 1. The van der Waals surface area contributed by atoms with E-state index >= 15 is 0 Å². The minimum atomic E-state index is -1.01. The molecule has 0 spiro atoms. The van der Waals surface area contributed by atoms with Crippen LogP contribution < -0.4 is 0 Å². The maximum absolute atomic E-state index is 13.0. The third-order valence-corrected chi connectivity index (χ3v) is 3.88. The molecule has 5 heteroatoms. The van der Waals surface area contributed by atoms with E-state index in [4.69, 9.17) is 16.7 Å². The monoisotopic (exact) mass is 296 g/mol. The summed E-state index contributed by atoms with van der Waals surface area (Å²) < 4.78 is 13.0. The van der Waals surface area contributed by atoms with Gasteiger partial charge in [-0.1, -0.05) is 23.7 Å². The normalized spacial score (nSPS) is 10.4. The average molecular weight is 297 g/mol. The smallest absolute Gasteiger partial charge is 0.335 e. The van der Waals surface area contributed by atoms with Crippen LogP contribution in [-0.2, 0) is 5.75 Å². The number of halogens is 2. The molecule has 0 aliphatic carbocycles. The molecule has 0 bridgehead atoms. The van der Waals surface area contributed by atoms with Crippen molar-refractivity contribution in [2.24, 2.45) is 0 Å². The lowest BCUT2D eigenvalue weighted by atomic mass is 10.1. The molecule has 0 aromatic heterocycles. The summed E-state index contributed by atoms with van der Waals surface area (Å²) in [6, 6.07) is 10.9. The van der Waals surface area contributed by atoms with Crippen molar-refractivity contribution in [3.05, 3.63) is 64.4 Å². The van der Waals surface area contributed by atoms with Crippen LogP contribution in [-0.4, -0.2) is 11.1 Å². The van der Waals surface area contributed by atoms with Crippen LogP contribution in [0, 0.1) is 5.82 Å². The van der Waals surface area contributed by atoms with E-state index in [1.807, 2.05) is 6.07 Å². The number of benzene rings is 2.